The summed E-state index contributed by atoms with van der Waals surface area (Å²) >= 11 is 8.75. The zero-order valence-corrected chi connectivity index (χ0v) is 10.5. The van der Waals surface area contributed by atoms with Gasteiger partial charge in [0.1, 0.15) is 11.3 Å². The van der Waals surface area contributed by atoms with Gasteiger partial charge in [0.05, 0.1) is 16.1 Å². The van der Waals surface area contributed by atoms with Crippen molar-refractivity contribution >= 4 is 33.5 Å². The molecule has 1 aromatic heterocycles. The van der Waals surface area contributed by atoms with E-state index < -0.39 is 23.7 Å². The minimum atomic E-state index is -2.88. The van der Waals surface area contributed by atoms with Crippen molar-refractivity contribution in [3.63, 3.8) is 0 Å². The van der Waals surface area contributed by atoms with Crippen molar-refractivity contribution in [3.8, 4) is 0 Å². The van der Waals surface area contributed by atoms with E-state index in [4.69, 9.17) is 11.6 Å². The highest BCUT2D eigenvalue weighted by molar-refractivity contribution is 9.10. The molecule has 0 aliphatic rings. The van der Waals surface area contributed by atoms with Crippen molar-refractivity contribution in [2.24, 2.45) is 0 Å². The van der Waals surface area contributed by atoms with Gasteiger partial charge in [-0.25, -0.2) is 13.6 Å². The van der Waals surface area contributed by atoms with Crippen molar-refractivity contribution in [1.29, 1.82) is 0 Å². The molecule has 0 saturated heterocycles. The zero-order valence-electron chi connectivity index (χ0n) is 8.14. The van der Waals surface area contributed by atoms with E-state index in [1.807, 2.05) is 0 Å². The second-order valence-electron chi connectivity index (χ2n) is 2.70. The molecule has 3 nitrogen and oxygen atoms in total. The van der Waals surface area contributed by atoms with Crippen LogP contribution < -0.4 is 0 Å². The van der Waals surface area contributed by atoms with Crippen LogP contribution >= 0.6 is 27.5 Å². The Hall–Kier alpha value is -0.750. The van der Waals surface area contributed by atoms with Gasteiger partial charge in [-0.05, 0) is 22.9 Å². The number of carbonyl (C=O) groups is 1. The fourth-order valence-electron chi connectivity index (χ4n) is 1.04. The van der Waals surface area contributed by atoms with Crippen LogP contribution in [0.1, 0.15) is 29.4 Å². The summed E-state index contributed by atoms with van der Waals surface area (Å²) in [6.45, 7) is 1.64. The van der Waals surface area contributed by atoms with Crippen LogP contribution in [0.15, 0.2) is 10.7 Å². The molecule has 1 rings (SSSR count). The van der Waals surface area contributed by atoms with Crippen molar-refractivity contribution in [3.05, 3.63) is 26.9 Å². The van der Waals surface area contributed by atoms with Gasteiger partial charge in [0.2, 0.25) is 0 Å². The maximum atomic E-state index is 12.6. The van der Waals surface area contributed by atoms with Crippen LogP contribution in [-0.2, 0) is 4.74 Å². The molecule has 0 radical (unpaired) electrons. The largest absolute Gasteiger partial charge is 0.462 e. The summed E-state index contributed by atoms with van der Waals surface area (Å²) in [5.74, 6) is -0.906. The molecule has 88 valence electrons. The minimum Gasteiger partial charge on any atom is -0.462 e. The fraction of sp³-hybridized carbons (Fsp3) is 0.333. The molecular weight excluding hydrogens is 307 g/mol. The van der Waals surface area contributed by atoms with Gasteiger partial charge in [0, 0.05) is 6.20 Å². The zero-order chi connectivity index (χ0) is 12.3. The van der Waals surface area contributed by atoms with Crippen LogP contribution in [0.5, 0.6) is 0 Å². The smallest absolute Gasteiger partial charge is 0.341 e. The molecule has 0 aliphatic heterocycles. The molecule has 0 atom stereocenters. The Morgan fingerprint density at radius 2 is 2.31 bits per heavy atom. The average Bonchev–Trinajstić information content (AvgIpc) is 2.21. The highest BCUT2D eigenvalue weighted by Gasteiger charge is 2.25. The van der Waals surface area contributed by atoms with E-state index in [9.17, 15) is 13.6 Å². The summed E-state index contributed by atoms with van der Waals surface area (Å²) in [6.07, 6.45) is -1.77. The van der Waals surface area contributed by atoms with Gasteiger partial charge in [-0.2, -0.15) is 0 Å². The highest BCUT2D eigenvalue weighted by atomic mass is 79.9. The van der Waals surface area contributed by atoms with E-state index in [1.54, 1.807) is 6.92 Å². The quantitative estimate of drug-likeness (QED) is 0.800. The van der Waals surface area contributed by atoms with Crippen molar-refractivity contribution < 1.29 is 18.3 Å². The summed E-state index contributed by atoms with van der Waals surface area (Å²) < 4.78 is 30.1. The van der Waals surface area contributed by atoms with Gasteiger partial charge in [-0.3, -0.25) is 4.98 Å². The lowest BCUT2D eigenvalue weighted by atomic mass is 10.2. The summed E-state index contributed by atoms with van der Waals surface area (Å²) in [7, 11) is 0. The molecule has 0 amide bonds. The normalized spacial score (nSPS) is 10.6. The minimum absolute atomic E-state index is 0.0738. The third-order valence-corrected chi connectivity index (χ3v) is 2.91. The second kappa shape index (κ2) is 5.54. The monoisotopic (exact) mass is 313 g/mol. The van der Waals surface area contributed by atoms with Gasteiger partial charge in [0.25, 0.3) is 6.43 Å². The molecule has 0 N–H and O–H groups in total. The summed E-state index contributed by atoms with van der Waals surface area (Å²) in [4.78, 5) is 14.9. The number of aromatic nitrogens is 1. The summed E-state index contributed by atoms with van der Waals surface area (Å²) in [5.41, 5.74) is -1.07. The van der Waals surface area contributed by atoms with E-state index in [2.05, 4.69) is 25.7 Å². The maximum absolute atomic E-state index is 12.6. The molecule has 0 saturated carbocycles. The Morgan fingerprint density at radius 3 is 2.81 bits per heavy atom. The van der Waals surface area contributed by atoms with Crippen LogP contribution in [0.25, 0.3) is 0 Å². The van der Waals surface area contributed by atoms with Crippen LogP contribution in [0.2, 0.25) is 5.02 Å². The topological polar surface area (TPSA) is 39.2 Å². The van der Waals surface area contributed by atoms with E-state index in [1.165, 1.54) is 0 Å². The van der Waals surface area contributed by atoms with Crippen LogP contribution in [-0.4, -0.2) is 17.6 Å². The third-order valence-electron chi connectivity index (χ3n) is 1.69. The van der Waals surface area contributed by atoms with Gasteiger partial charge < -0.3 is 4.74 Å². The molecule has 0 aliphatic carbocycles. The van der Waals surface area contributed by atoms with Crippen molar-refractivity contribution in [1.82, 2.24) is 4.98 Å². The van der Waals surface area contributed by atoms with E-state index >= 15 is 0 Å². The number of rotatable bonds is 3. The maximum Gasteiger partial charge on any atom is 0.341 e. The lowest BCUT2D eigenvalue weighted by Crippen LogP contribution is -2.11. The van der Waals surface area contributed by atoms with E-state index in [0.717, 1.165) is 6.20 Å². The lowest BCUT2D eigenvalue weighted by molar-refractivity contribution is 0.0513. The molecule has 0 unspecified atom stereocenters. The standard InChI is InChI=1S/C9H7BrClF2NO2/c1-2-16-9(15)5-6(11)4(10)3-14-7(5)8(12)13/h3,8H,2H2,1H3. The van der Waals surface area contributed by atoms with Gasteiger partial charge in [0.15, 0.2) is 0 Å². The predicted octanol–water partition coefficient (Wildman–Crippen LogP) is 3.61. The lowest BCUT2D eigenvalue weighted by Gasteiger charge is -2.09. The Morgan fingerprint density at radius 1 is 1.69 bits per heavy atom. The molecule has 7 heteroatoms. The number of hydrogen-bond donors (Lipinski definition) is 0. The number of esters is 1. The molecule has 1 aromatic rings. The van der Waals surface area contributed by atoms with Gasteiger partial charge in [-0.1, -0.05) is 11.6 Å². The second-order valence-corrected chi connectivity index (χ2v) is 3.93. The predicted molar refractivity (Wildman–Crippen MR) is 57.9 cm³/mol. The fourth-order valence-corrected chi connectivity index (χ4v) is 1.57. The summed E-state index contributed by atoms with van der Waals surface area (Å²) in [6, 6.07) is 0. The average molecular weight is 315 g/mol. The van der Waals surface area contributed by atoms with Crippen LogP contribution in [0.4, 0.5) is 8.78 Å². The molecule has 0 spiro atoms. The highest BCUT2D eigenvalue weighted by Crippen LogP contribution is 2.32. The van der Waals surface area contributed by atoms with Gasteiger partial charge >= 0.3 is 5.97 Å². The first-order valence-corrected chi connectivity index (χ1v) is 5.45. The molecule has 0 fully saturated rings. The summed E-state index contributed by atoms with van der Waals surface area (Å²) in [5, 5.41) is -0.122. The first-order valence-electron chi connectivity index (χ1n) is 4.28. The molecule has 0 aromatic carbocycles. The Balaban J connectivity index is 3.31. The Labute approximate surface area is 104 Å². The first-order chi connectivity index (χ1) is 7.49. The van der Waals surface area contributed by atoms with Crippen LogP contribution in [0.3, 0.4) is 0 Å². The van der Waals surface area contributed by atoms with Crippen molar-refractivity contribution in [2.75, 3.05) is 6.61 Å². The number of ether oxygens (including phenoxy) is 1. The number of alkyl halides is 2. The third kappa shape index (κ3) is 2.68. The van der Waals surface area contributed by atoms with Crippen molar-refractivity contribution in [2.45, 2.75) is 13.3 Å². The number of carbonyl (C=O) groups excluding carboxylic acids is 1. The number of halogens is 4. The Kier molecular flexibility index (Phi) is 4.61. The molecule has 1 heterocycles. The SMILES string of the molecule is CCOC(=O)c1c(C(F)F)ncc(Br)c1Cl. The molecular formula is C9H7BrClF2NO2. The number of nitrogens with zero attached hydrogens (tertiary/aromatic N) is 1. The Bertz CT molecular complexity index is 415. The van der Waals surface area contributed by atoms with Crippen LogP contribution in [0, 0.1) is 0 Å². The molecule has 16 heavy (non-hydrogen) atoms. The van der Waals surface area contributed by atoms with E-state index in [-0.39, 0.29) is 16.1 Å². The van der Waals surface area contributed by atoms with E-state index in [0.29, 0.717) is 0 Å². The molecule has 0 bridgehead atoms. The number of pyridine rings is 1. The number of hydrogen-bond acceptors (Lipinski definition) is 3. The van der Waals surface area contributed by atoms with Gasteiger partial charge in [-0.15, -0.1) is 0 Å². The first kappa shape index (κ1) is 13.3.